The van der Waals surface area contributed by atoms with Gasteiger partial charge in [-0.15, -0.1) is 5.10 Å². The minimum atomic E-state index is -0.119. The maximum atomic E-state index is 14.2. The molecule has 212 valence electrons. The molecule has 5 aromatic rings. The molecule has 0 bridgehead atoms. The van der Waals surface area contributed by atoms with Crippen LogP contribution in [0, 0.1) is 0 Å². The molecular formula is C33H39N7O. The summed E-state index contributed by atoms with van der Waals surface area (Å²) in [6, 6.07) is 18.6. The van der Waals surface area contributed by atoms with Crippen LogP contribution in [0.4, 0.5) is 0 Å². The minimum Gasteiger partial charge on any atom is -0.292 e. The number of aromatic amines is 1. The van der Waals surface area contributed by atoms with Crippen molar-refractivity contribution < 1.29 is 0 Å². The predicted octanol–water partition coefficient (Wildman–Crippen LogP) is 6.48. The van der Waals surface area contributed by atoms with Crippen molar-refractivity contribution >= 4 is 0 Å². The van der Waals surface area contributed by atoms with Gasteiger partial charge in [0.15, 0.2) is 5.82 Å². The molecule has 0 aliphatic rings. The lowest BCUT2D eigenvalue weighted by atomic mass is 9.78. The summed E-state index contributed by atoms with van der Waals surface area (Å²) in [4.78, 5) is 18.7. The first kappa shape index (κ1) is 28.2. The quantitative estimate of drug-likeness (QED) is 0.251. The summed E-state index contributed by atoms with van der Waals surface area (Å²) < 4.78 is 3.83. The first-order valence-electron chi connectivity index (χ1n) is 14.2. The van der Waals surface area contributed by atoms with Crippen LogP contribution in [0.3, 0.4) is 0 Å². The molecule has 0 aliphatic carbocycles. The normalized spacial score (nSPS) is 12.2. The summed E-state index contributed by atoms with van der Waals surface area (Å²) in [5, 5.41) is 14.2. The van der Waals surface area contributed by atoms with Crippen molar-refractivity contribution in [3.05, 3.63) is 99.9 Å². The third-order valence-corrected chi connectivity index (χ3v) is 7.44. The Morgan fingerprint density at radius 1 is 0.878 bits per heavy atom. The SMILES string of the molecule is CCCc1cn(-c2c(C(C)(C)C)cccc2C(C)(C)C)c(=O)n1Cc1ccc(-c2cccnc2-c2nnn[nH]2)cc1. The second kappa shape index (κ2) is 10.9. The number of nitrogens with one attached hydrogen (secondary N) is 1. The summed E-state index contributed by atoms with van der Waals surface area (Å²) in [5.41, 5.74) is 7.82. The van der Waals surface area contributed by atoms with Gasteiger partial charge in [0.25, 0.3) is 0 Å². The zero-order valence-electron chi connectivity index (χ0n) is 25.1. The van der Waals surface area contributed by atoms with Gasteiger partial charge in [-0.25, -0.2) is 9.89 Å². The zero-order valence-corrected chi connectivity index (χ0v) is 25.1. The van der Waals surface area contributed by atoms with Crippen molar-refractivity contribution in [3.63, 3.8) is 0 Å². The van der Waals surface area contributed by atoms with E-state index < -0.39 is 0 Å². The standard InChI is InChI=1S/C33H39N7O/c1-8-11-24-21-40(29-26(32(2,3)4)13-9-14-27(29)33(5,6)7)31(41)39(24)20-22-15-17-23(18-16-22)25-12-10-19-34-28(25)30-35-37-38-36-30/h9-10,12-19,21H,8,11,20H2,1-7H3,(H,35,36,37,38). The van der Waals surface area contributed by atoms with Gasteiger partial charge in [-0.1, -0.05) is 103 Å². The Hall–Kier alpha value is -4.33. The Kier molecular flexibility index (Phi) is 7.51. The highest BCUT2D eigenvalue weighted by Gasteiger charge is 2.28. The number of hydrogen-bond donors (Lipinski definition) is 1. The van der Waals surface area contributed by atoms with Crippen LogP contribution in [-0.4, -0.2) is 34.7 Å². The van der Waals surface area contributed by atoms with E-state index in [1.807, 2.05) is 21.3 Å². The average Bonchev–Trinajstić information content (AvgIpc) is 3.57. The topological polar surface area (TPSA) is 94.3 Å². The van der Waals surface area contributed by atoms with Crippen molar-refractivity contribution in [1.29, 1.82) is 0 Å². The average molecular weight is 550 g/mol. The molecule has 0 unspecified atom stereocenters. The number of tetrazole rings is 1. The molecular weight excluding hydrogens is 510 g/mol. The van der Waals surface area contributed by atoms with Crippen molar-refractivity contribution in [3.8, 4) is 28.3 Å². The van der Waals surface area contributed by atoms with Crippen molar-refractivity contribution in [2.75, 3.05) is 0 Å². The second-order valence-electron chi connectivity index (χ2n) is 12.7. The molecule has 2 aromatic carbocycles. The lowest BCUT2D eigenvalue weighted by Gasteiger charge is -2.29. The number of rotatable bonds is 7. The third-order valence-electron chi connectivity index (χ3n) is 7.44. The van der Waals surface area contributed by atoms with Crippen LogP contribution in [0.25, 0.3) is 28.3 Å². The number of aryl methyl sites for hydroxylation is 1. The van der Waals surface area contributed by atoms with Gasteiger partial charge in [0.2, 0.25) is 0 Å². The summed E-state index contributed by atoms with van der Waals surface area (Å²) in [7, 11) is 0. The van der Waals surface area contributed by atoms with E-state index in [4.69, 9.17) is 0 Å². The predicted molar refractivity (Wildman–Crippen MR) is 163 cm³/mol. The van der Waals surface area contributed by atoms with Gasteiger partial charge in [-0.3, -0.25) is 14.1 Å². The summed E-state index contributed by atoms with van der Waals surface area (Å²) in [6.45, 7) is 15.9. The second-order valence-corrected chi connectivity index (χ2v) is 12.7. The van der Waals surface area contributed by atoms with E-state index >= 15 is 0 Å². The van der Waals surface area contributed by atoms with E-state index in [1.165, 1.54) is 11.1 Å². The summed E-state index contributed by atoms with van der Waals surface area (Å²) in [6.07, 6.45) is 5.57. The molecule has 5 rings (SSSR count). The van der Waals surface area contributed by atoms with Crippen LogP contribution in [0.15, 0.2) is 71.8 Å². The Morgan fingerprint density at radius 2 is 1.56 bits per heavy atom. The summed E-state index contributed by atoms with van der Waals surface area (Å²) >= 11 is 0. The van der Waals surface area contributed by atoms with Gasteiger partial charge < -0.3 is 0 Å². The lowest BCUT2D eigenvalue weighted by Crippen LogP contribution is -2.29. The van der Waals surface area contributed by atoms with Gasteiger partial charge in [0.05, 0.1) is 12.2 Å². The van der Waals surface area contributed by atoms with Gasteiger partial charge in [-0.2, -0.15) is 0 Å². The highest BCUT2D eigenvalue weighted by molar-refractivity contribution is 5.77. The number of pyridine rings is 1. The van der Waals surface area contributed by atoms with E-state index in [1.54, 1.807) is 6.20 Å². The number of H-pyrrole nitrogens is 1. The van der Waals surface area contributed by atoms with E-state index in [0.717, 1.165) is 40.9 Å². The van der Waals surface area contributed by atoms with Crippen LogP contribution >= 0.6 is 0 Å². The molecule has 0 saturated heterocycles. The molecule has 0 amide bonds. The number of aromatic nitrogens is 7. The third kappa shape index (κ3) is 5.64. The summed E-state index contributed by atoms with van der Waals surface area (Å²) in [5.74, 6) is 0.520. The Bertz CT molecular complexity index is 1660. The number of nitrogens with zero attached hydrogens (tertiary/aromatic N) is 6. The fourth-order valence-electron chi connectivity index (χ4n) is 5.38. The highest BCUT2D eigenvalue weighted by Crippen LogP contribution is 2.36. The Balaban J connectivity index is 1.56. The number of para-hydroxylation sites is 1. The van der Waals surface area contributed by atoms with Crippen LogP contribution in [-0.2, 0) is 23.8 Å². The fourth-order valence-corrected chi connectivity index (χ4v) is 5.38. The minimum absolute atomic E-state index is 0.00732. The molecule has 3 aromatic heterocycles. The first-order chi connectivity index (χ1) is 19.5. The van der Waals surface area contributed by atoms with E-state index in [-0.39, 0.29) is 16.5 Å². The molecule has 0 radical (unpaired) electrons. The highest BCUT2D eigenvalue weighted by atomic mass is 16.1. The zero-order chi connectivity index (χ0) is 29.4. The molecule has 0 spiro atoms. The van der Waals surface area contributed by atoms with Crippen LogP contribution in [0.2, 0.25) is 0 Å². The van der Waals surface area contributed by atoms with Crippen LogP contribution in [0.1, 0.15) is 77.3 Å². The largest absolute Gasteiger partial charge is 0.333 e. The number of imidazole rings is 1. The molecule has 0 aliphatic heterocycles. The van der Waals surface area contributed by atoms with Crippen molar-refractivity contribution in [2.24, 2.45) is 0 Å². The molecule has 0 saturated carbocycles. The molecule has 0 atom stereocenters. The molecule has 1 N–H and O–H groups in total. The van der Waals surface area contributed by atoms with E-state index in [9.17, 15) is 4.79 Å². The lowest BCUT2D eigenvalue weighted by molar-refractivity contribution is 0.559. The smallest absolute Gasteiger partial charge is 0.292 e. The van der Waals surface area contributed by atoms with Gasteiger partial charge in [0, 0.05) is 23.7 Å². The Labute approximate surface area is 241 Å². The molecule has 3 heterocycles. The maximum Gasteiger partial charge on any atom is 0.333 e. The number of hydrogen-bond acceptors (Lipinski definition) is 5. The van der Waals surface area contributed by atoms with Crippen LogP contribution in [0.5, 0.6) is 0 Å². The molecule has 0 fully saturated rings. The first-order valence-corrected chi connectivity index (χ1v) is 14.2. The molecule has 41 heavy (non-hydrogen) atoms. The fraction of sp³-hybridized carbons (Fsp3) is 0.364. The van der Waals surface area contributed by atoms with E-state index in [0.29, 0.717) is 18.1 Å². The number of benzene rings is 2. The van der Waals surface area contributed by atoms with Crippen LogP contribution < -0.4 is 5.69 Å². The van der Waals surface area contributed by atoms with Gasteiger partial charge in [-0.05, 0) is 56.0 Å². The molecule has 8 nitrogen and oxygen atoms in total. The Morgan fingerprint density at radius 3 is 2.15 bits per heavy atom. The van der Waals surface area contributed by atoms with Crippen molar-refractivity contribution in [1.82, 2.24) is 34.7 Å². The van der Waals surface area contributed by atoms with Gasteiger partial charge >= 0.3 is 5.69 Å². The molecule has 8 heteroatoms. The van der Waals surface area contributed by atoms with E-state index in [2.05, 4.69) is 123 Å². The van der Waals surface area contributed by atoms with Crippen molar-refractivity contribution in [2.45, 2.75) is 78.7 Å². The maximum absolute atomic E-state index is 14.2. The van der Waals surface area contributed by atoms with Gasteiger partial charge in [0.1, 0.15) is 5.69 Å². The monoisotopic (exact) mass is 549 g/mol.